The Morgan fingerprint density at radius 3 is 2.75 bits per heavy atom. The summed E-state index contributed by atoms with van der Waals surface area (Å²) in [6, 6.07) is 15.2. The Kier molecular flexibility index (Phi) is 3.97. The Hall–Kier alpha value is -1.87. The van der Waals surface area contributed by atoms with Crippen molar-refractivity contribution in [3.05, 3.63) is 59.8 Å². The number of pyridine rings is 1. The highest BCUT2D eigenvalue weighted by molar-refractivity contribution is 5.22. The molecule has 2 heterocycles. The fourth-order valence-electron chi connectivity index (χ4n) is 2.92. The summed E-state index contributed by atoms with van der Waals surface area (Å²) < 4.78 is 5.13. The molecule has 0 N–H and O–H groups in total. The summed E-state index contributed by atoms with van der Waals surface area (Å²) in [4.78, 5) is 6.87. The van der Waals surface area contributed by atoms with Crippen LogP contribution in [-0.4, -0.2) is 23.5 Å². The summed E-state index contributed by atoms with van der Waals surface area (Å²) in [6.07, 6.45) is 4.41. The Labute approximate surface area is 120 Å². The van der Waals surface area contributed by atoms with E-state index >= 15 is 0 Å². The van der Waals surface area contributed by atoms with Crippen molar-refractivity contribution >= 4 is 0 Å². The zero-order valence-corrected chi connectivity index (χ0v) is 11.8. The molecule has 3 nitrogen and oxygen atoms in total. The van der Waals surface area contributed by atoms with Crippen molar-refractivity contribution in [3.63, 3.8) is 0 Å². The highest BCUT2D eigenvalue weighted by Gasteiger charge is 2.26. The van der Waals surface area contributed by atoms with E-state index in [9.17, 15) is 0 Å². The maximum atomic E-state index is 5.13. The molecule has 3 rings (SSSR count). The predicted molar refractivity (Wildman–Crippen MR) is 79.6 cm³/mol. The lowest BCUT2D eigenvalue weighted by Crippen LogP contribution is -2.22. The average molecular weight is 268 g/mol. The molecule has 0 saturated carbocycles. The van der Waals surface area contributed by atoms with E-state index in [1.165, 1.54) is 24.0 Å². The number of hydrogen-bond donors (Lipinski definition) is 0. The summed E-state index contributed by atoms with van der Waals surface area (Å²) >= 11 is 0. The molecule has 1 fully saturated rings. The van der Waals surface area contributed by atoms with Gasteiger partial charge in [0.15, 0.2) is 0 Å². The maximum Gasteiger partial charge on any atom is 0.212 e. The quantitative estimate of drug-likeness (QED) is 0.849. The Balaban J connectivity index is 1.74. The van der Waals surface area contributed by atoms with Crippen molar-refractivity contribution in [1.82, 2.24) is 9.88 Å². The molecule has 1 aliphatic rings. The van der Waals surface area contributed by atoms with Gasteiger partial charge in [-0.2, -0.15) is 0 Å². The van der Waals surface area contributed by atoms with Crippen LogP contribution in [0.1, 0.15) is 30.0 Å². The van der Waals surface area contributed by atoms with E-state index in [1.54, 1.807) is 7.11 Å². The molecule has 0 radical (unpaired) electrons. The van der Waals surface area contributed by atoms with Crippen molar-refractivity contribution in [2.75, 3.05) is 13.7 Å². The van der Waals surface area contributed by atoms with Gasteiger partial charge in [-0.25, -0.2) is 4.98 Å². The number of rotatable bonds is 4. The number of ether oxygens (including phenoxy) is 1. The first-order valence-corrected chi connectivity index (χ1v) is 7.15. The molecular formula is C17H20N2O. The first-order valence-electron chi connectivity index (χ1n) is 7.15. The molecule has 2 aromatic rings. The smallest absolute Gasteiger partial charge is 0.212 e. The molecule has 0 spiro atoms. The van der Waals surface area contributed by atoms with E-state index in [4.69, 9.17) is 4.74 Å². The van der Waals surface area contributed by atoms with Gasteiger partial charge < -0.3 is 4.74 Å². The number of likely N-dealkylation sites (tertiary alicyclic amines) is 1. The van der Waals surface area contributed by atoms with Crippen LogP contribution in [-0.2, 0) is 6.54 Å². The van der Waals surface area contributed by atoms with Gasteiger partial charge in [-0.05, 0) is 30.5 Å². The Morgan fingerprint density at radius 1 is 1.20 bits per heavy atom. The molecule has 1 aromatic carbocycles. The molecule has 1 saturated heterocycles. The monoisotopic (exact) mass is 268 g/mol. The van der Waals surface area contributed by atoms with E-state index in [-0.39, 0.29) is 0 Å². The minimum Gasteiger partial charge on any atom is -0.481 e. The van der Waals surface area contributed by atoms with Crippen LogP contribution in [0.5, 0.6) is 5.88 Å². The van der Waals surface area contributed by atoms with Crippen molar-refractivity contribution in [2.45, 2.75) is 25.4 Å². The van der Waals surface area contributed by atoms with E-state index in [0.29, 0.717) is 11.9 Å². The van der Waals surface area contributed by atoms with Gasteiger partial charge in [0.25, 0.3) is 0 Å². The first kappa shape index (κ1) is 13.1. The standard InChI is InChI=1S/C17H20N2O/c1-20-17-10-9-15(12-18-17)16-8-5-11-19(16)13-14-6-3-2-4-7-14/h2-4,6-7,9-10,12,16H,5,8,11,13H2,1H3/t16-/m1/s1. The minimum atomic E-state index is 0.480. The lowest BCUT2D eigenvalue weighted by molar-refractivity contribution is 0.248. The van der Waals surface area contributed by atoms with Gasteiger partial charge in [-0.3, -0.25) is 4.90 Å². The van der Waals surface area contributed by atoms with E-state index in [0.717, 1.165) is 13.1 Å². The lowest BCUT2D eigenvalue weighted by Gasteiger charge is -2.24. The van der Waals surface area contributed by atoms with E-state index in [2.05, 4.69) is 46.3 Å². The average Bonchev–Trinajstić information content (AvgIpc) is 2.96. The van der Waals surface area contributed by atoms with Crippen molar-refractivity contribution in [3.8, 4) is 5.88 Å². The number of nitrogens with zero attached hydrogens (tertiary/aromatic N) is 2. The second-order valence-corrected chi connectivity index (χ2v) is 5.25. The number of benzene rings is 1. The van der Waals surface area contributed by atoms with Gasteiger partial charge >= 0.3 is 0 Å². The summed E-state index contributed by atoms with van der Waals surface area (Å²) in [5, 5.41) is 0. The van der Waals surface area contributed by atoms with Crippen molar-refractivity contribution in [1.29, 1.82) is 0 Å². The van der Waals surface area contributed by atoms with Gasteiger partial charge in [0, 0.05) is 24.8 Å². The highest BCUT2D eigenvalue weighted by atomic mass is 16.5. The summed E-state index contributed by atoms with van der Waals surface area (Å²) in [5.74, 6) is 0.682. The number of methoxy groups -OCH3 is 1. The largest absolute Gasteiger partial charge is 0.481 e. The molecule has 104 valence electrons. The molecule has 3 heteroatoms. The van der Waals surface area contributed by atoms with Gasteiger partial charge in [0.1, 0.15) is 0 Å². The SMILES string of the molecule is COc1ccc([C@H]2CCCN2Cc2ccccc2)cn1. The van der Waals surface area contributed by atoms with Gasteiger partial charge in [0.05, 0.1) is 7.11 Å². The van der Waals surface area contributed by atoms with Crippen LogP contribution in [0.2, 0.25) is 0 Å². The van der Waals surface area contributed by atoms with Gasteiger partial charge in [-0.1, -0.05) is 36.4 Å². The molecule has 1 aliphatic heterocycles. The van der Waals surface area contributed by atoms with E-state index < -0.39 is 0 Å². The molecule has 0 aliphatic carbocycles. The summed E-state index contributed by atoms with van der Waals surface area (Å²) in [7, 11) is 1.65. The molecule has 0 amide bonds. The van der Waals surface area contributed by atoms with Crippen LogP contribution < -0.4 is 4.74 Å². The van der Waals surface area contributed by atoms with E-state index in [1.807, 2.05) is 12.3 Å². The lowest BCUT2D eigenvalue weighted by atomic mass is 10.1. The van der Waals surface area contributed by atoms with Gasteiger partial charge in [-0.15, -0.1) is 0 Å². The third-order valence-corrected chi connectivity index (χ3v) is 3.95. The topological polar surface area (TPSA) is 25.4 Å². The zero-order chi connectivity index (χ0) is 13.8. The van der Waals surface area contributed by atoms with Crippen LogP contribution in [0.3, 0.4) is 0 Å². The molecule has 0 bridgehead atoms. The molecule has 1 aromatic heterocycles. The molecular weight excluding hydrogens is 248 g/mol. The maximum absolute atomic E-state index is 5.13. The fourth-order valence-corrected chi connectivity index (χ4v) is 2.92. The fraction of sp³-hybridized carbons (Fsp3) is 0.353. The highest BCUT2D eigenvalue weighted by Crippen LogP contribution is 2.33. The van der Waals surface area contributed by atoms with Crippen LogP contribution in [0, 0.1) is 0 Å². The molecule has 0 unspecified atom stereocenters. The minimum absolute atomic E-state index is 0.480. The second kappa shape index (κ2) is 6.06. The third kappa shape index (κ3) is 2.83. The van der Waals surface area contributed by atoms with Crippen LogP contribution >= 0.6 is 0 Å². The molecule has 1 atom stereocenters. The molecule has 20 heavy (non-hydrogen) atoms. The normalized spacial score (nSPS) is 19.1. The van der Waals surface area contributed by atoms with Crippen molar-refractivity contribution < 1.29 is 4.74 Å². The van der Waals surface area contributed by atoms with Crippen LogP contribution in [0.4, 0.5) is 0 Å². The Bertz CT molecular complexity index is 539. The van der Waals surface area contributed by atoms with Crippen LogP contribution in [0.15, 0.2) is 48.7 Å². The number of aromatic nitrogens is 1. The second-order valence-electron chi connectivity index (χ2n) is 5.25. The number of hydrogen-bond acceptors (Lipinski definition) is 3. The van der Waals surface area contributed by atoms with Gasteiger partial charge in [0.2, 0.25) is 5.88 Å². The van der Waals surface area contributed by atoms with Crippen molar-refractivity contribution in [2.24, 2.45) is 0 Å². The van der Waals surface area contributed by atoms with Crippen LogP contribution in [0.25, 0.3) is 0 Å². The summed E-state index contributed by atoms with van der Waals surface area (Å²) in [6.45, 7) is 2.17. The summed E-state index contributed by atoms with van der Waals surface area (Å²) in [5.41, 5.74) is 2.67. The third-order valence-electron chi connectivity index (χ3n) is 3.95. The predicted octanol–water partition coefficient (Wildman–Crippen LogP) is 3.43. The first-order chi connectivity index (χ1) is 9.86. The zero-order valence-electron chi connectivity index (χ0n) is 11.8. The Morgan fingerprint density at radius 2 is 2.05 bits per heavy atom.